The molecule has 0 spiro atoms. The van der Waals surface area contributed by atoms with Crippen molar-refractivity contribution in [2.45, 2.75) is 127 Å². The second-order valence-corrected chi connectivity index (χ2v) is 16.2. The molecule has 2 aromatic heterocycles. The summed E-state index contributed by atoms with van der Waals surface area (Å²) in [6.07, 6.45) is 19.5. The number of ether oxygens (including phenoxy) is 2. The number of para-hydroxylation sites is 1. The lowest BCUT2D eigenvalue weighted by Gasteiger charge is -2.30. The van der Waals surface area contributed by atoms with Crippen LogP contribution in [0.5, 0.6) is 5.75 Å². The smallest absolute Gasteiger partial charge is 0.459 e. The Morgan fingerprint density at radius 1 is 1.02 bits per heavy atom. The predicted molar refractivity (Wildman–Crippen MR) is 216 cm³/mol. The predicted octanol–water partition coefficient (Wildman–Crippen LogP) is 8.24. The summed E-state index contributed by atoms with van der Waals surface area (Å²) in [5.41, 5.74) is 4.94. The average molecular weight is 807 g/mol. The number of unbranched alkanes of at least 4 members (excludes halogenated alkanes) is 12. The lowest BCUT2D eigenvalue weighted by Crippen LogP contribution is -2.44. The first-order valence-electron chi connectivity index (χ1n) is 20.1. The summed E-state index contributed by atoms with van der Waals surface area (Å²) in [6.45, 7) is 1.83. The van der Waals surface area contributed by atoms with Crippen molar-refractivity contribution in [1.29, 1.82) is 0 Å². The van der Waals surface area contributed by atoms with Crippen molar-refractivity contribution in [3.8, 4) is 18.1 Å². The first-order valence-corrected chi connectivity index (χ1v) is 21.7. The highest BCUT2D eigenvalue weighted by molar-refractivity contribution is 7.52. The van der Waals surface area contributed by atoms with Crippen LogP contribution in [0.1, 0.15) is 109 Å². The molecule has 4 aromatic rings. The van der Waals surface area contributed by atoms with Crippen LogP contribution in [0.25, 0.3) is 11.2 Å². The molecule has 3 heterocycles. The summed E-state index contributed by atoms with van der Waals surface area (Å²) in [5.74, 6) is 1.86. The van der Waals surface area contributed by atoms with Gasteiger partial charge in [-0.2, -0.15) is 19.4 Å². The average Bonchev–Trinajstić information content (AvgIpc) is 3.78. The number of aliphatic hydroxyl groups excluding tert-OH is 1. The number of terminal acetylenes is 1. The van der Waals surface area contributed by atoms with E-state index in [9.17, 15) is 18.9 Å². The van der Waals surface area contributed by atoms with E-state index >= 15 is 0 Å². The summed E-state index contributed by atoms with van der Waals surface area (Å²) >= 11 is 0. The zero-order chi connectivity index (χ0) is 40.5. The van der Waals surface area contributed by atoms with Crippen molar-refractivity contribution in [1.82, 2.24) is 24.6 Å². The van der Waals surface area contributed by atoms with Crippen molar-refractivity contribution in [3.63, 3.8) is 0 Å². The number of aliphatic hydroxyl groups is 1. The van der Waals surface area contributed by atoms with Crippen LogP contribution in [-0.4, -0.2) is 61.6 Å². The number of nitrogens with one attached hydrogen (secondary N) is 1. The first kappa shape index (κ1) is 43.7. The third kappa shape index (κ3) is 12.8. The van der Waals surface area contributed by atoms with Crippen molar-refractivity contribution in [2.24, 2.45) is 0 Å². The number of halogens is 1. The number of esters is 1. The molecule has 0 radical (unpaired) electrons. The number of fused-ring (bicyclic) bond motifs is 1. The Labute approximate surface area is 334 Å². The lowest BCUT2D eigenvalue weighted by atomic mass is 9.99. The normalized spacial score (nSPS) is 19.5. The fourth-order valence-electron chi connectivity index (χ4n) is 6.85. The Balaban J connectivity index is 1.22. The maximum absolute atomic E-state index is 14.7. The van der Waals surface area contributed by atoms with E-state index in [2.05, 4.69) is 32.9 Å². The quantitative estimate of drug-likeness (QED) is 0.0193. The second-order valence-electron chi connectivity index (χ2n) is 14.5. The highest BCUT2D eigenvalue weighted by Gasteiger charge is 2.50. The number of nitrogens with zero attached hydrogens (tertiary/aromatic N) is 4. The highest BCUT2D eigenvalue weighted by atomic mass is 31.2. The Bertz CT molecular complexity index is 1930. The van der Waals surface area contributed by atoms with E-state index in [1.165, 1.54) is 68.7 Å². The third-order valence-electron chi connectivity index (χ3n) is 10.1. The Hall–Kier alpha value is -4.38. The van der Waals surface area contributed by atoms with Gasteiger partial charge >= 0.3 is 19.8 Å². The molecular weight excluding hydrogens is 750 g/mol. The summed E-state index contributed by atoms with van der Waals surface area (Å²) in [5, 5.41) is 14.1. The van der Waals surface area contributed by atoms with E-state index in [0.29, 0.717) is 6.42 Å². The zero-order valence-electron chi connectivity index (χ0n) is 32.8. The Kier molecular flexibility index (Phi) is 16.8. The Morgan fingerprint density at radius 2 is 1.63 bits per heavy atom. The van der Waals surface area contributed by atoms with Crippen LogP contribution in [0.3, 0.4) is 0 Å². The van der Waals surface area contributed by atoms with Crippen LogP contribution in [0.4, 0.5) is 10.2 Å². The van der Waals surface area contributed by atoms with Gasteiger partial charge in [-0.1, -0.05) is 138 Å². The second kappa shape index (κ2) is 22.0. The molecule has 2 aromatic carbocycles. The van der Waals surface area contributed by atoms with Gasteiger partial charge in [-0.25, -0.2) is 9.55 Å². The lowest BCUT2D eigenvalue weighted by molar-refractivity contribution is -0.146. The van der Waals surface area contributed by atoms with Gasteiger partial charge < -0.3 is 24.8 Å². The third-order valence-corrected chi connectivity index (χ3v) is 11.6. The maximum atomic E-state index is 14.7. The molecule has 0 amide bonds. The number of aromatic nitrogens is 4. The number of benzene rings is 2. The fraction of sp³-hybridized carbons (Fsp3) is 0.524. The van der Waals surface area contributed by atoms with Gasteiger partial charge in [-0.15, -0.1) is 6.42 Å². The minimum Gasteiger partial charge on any atom is -0.465 e. The van der Waals surface area contributed by atoms with E-state index in [1.54, 1.807) is 30.3 Å². The topological polar surface area (TPSA) is 173 Å². The number of hydrogen-bond donors (Lipinski definition) is 3. The summed E-state index contributed by atoms with van der Waals surface area (Å²) in [6, 6.07) is 16.4. The van der Waals surface area contributed by atoms with Crippen molar-refractivity contribution >= 4 is 30.7 Å². The first-order chi connectivity index (χ1) is 27.6. The van der Waals surface area contributed by atoms with Crippen LogP contribution in [0, 0.1) is 18.4 Å². The molecule has 15 heteroatoms. The van der Waals surface area contributed by atoms with Gasteiger partial charge in [0.2, 0.25) is 0 Å². The van der Waals surface area contributed by atoms with E-state index in [1.807, 2.05) is 30.3 Å². The van der Waals surface area contributed by atoms with Gasteiger partial charge in [0, 0.05) is 6.42 Å². The molecule has 308 valence electrons. The van der Waals surface area contributed by atoms with E-state index in [0.717, 1.165) is 24.8 Å². The number of nitrogen functional groups attached to an aromatic ring is 1. The molecule has 0 bridgehead atoms. The Morgan fingerprint density at radius 3 is 2.26 bits per heavy atom. The minimum atomic E-state index is -4.47. The van der Waals surface area contributed by atoms with Crippen molar-refractivity contribution in [2.75, 3.05) is 18.9 Å². The summed E-state index contributed by atoms with van der Waals surface area (Å²) < 4.78 is 54.0. The van der Waals surface area contributed by atoms with Crippen molar-refractivity contribution < 1.29 is 37.4 Å². The minimum absolute atomic E-state index is 0.0340. The van der Waals surface area contributed by atoms with Gasteiger partial charge in [0.15, 0.2) is 22.6 Å². The SMILES string of the molecule is C#C[C@]1(COP(=O)(N[C@@H](Cc2ccccc2)C(=O)OCCCCCCCCCCCCCCC)Oc2ccccc2)O[C@@H](n2cnc3c(N)nc(F)nc32)C[C@@H]1O. The molecule has 57 heavy (non-hydrogen) atoms. The number of carbonyl (C=O) groups is 1. The number of carbonyl (C=O) groups excluding carboxylic acids is 1. The van der Waals surface area contributed by atoms with Gasteiger partial charge in [-0.05, 0) is 30.5 Å². The molecule has 0 saturated carbocycles. The van der Waals surface area contributed by atoms with Crippen molar-refractivity contribution in [3.05, 3.63) is 78.6 Å². The van der Waals surface area contributed by atoms with Crippen LogP contribution in [0.15, 0.2) is 67.0 Å². The number of rotatable bonds is 25. The molecule has 5 rings (SSSR count). The molecule has 1 aliphatic rings. The number of nitrogens with two attached hydrogens (primary N) is 1. The molecule has 4 N–H and O–H groups in total. The maximum Gasteiger partial charge on any atom is 0.459 e. The monoisotopic (exact) mass is 806 g/mol. The van der Waals surface area contributed by atoms with E-state index < -0.39 is 50.4 Å². The van der Waals surface area contributed by atoms with Crippen LogP contribution < -0.4 is 15.3 Å². The van der Waals surface area contributed by atoms with Crippen LogP contribution in [0.2, 0.25) is 0 Å². The van der Waals surface area contributed by atoms with Gasteiger partial charge in [0.1, 0.15) is 30.7 Å². The number of anilines is 1. The number of imidazole rings is 1. The molecular formula is C42H56FN6O7P. The van der Waals surface area contributed by atoms with Gasteiger partial charge in [0.25, 0.3) is 0 Å². The highest BCUT2D eigenvalue weighted by Crippen LogP contribution is 2.48. The van der Waals surface area contributed by atoms with Gasteiger partial charge in [0.05, 0.1) is 12.9 Å². The standard InChI is InChI=1S/C42H56FN6O7P/c1-3-5-6-7-8-9-10-11-12-13-14-15-22-27-53-40(51)34(28-32-23-18-16-19-24-32)48-57(52,56-33-25-20-17-21-26-33)54-30-42(4-2)35(50)29-36(55-42)49-31-45-37-38(44)46-41(43)47-39(37)49/h2,16-21,23-26,31,34-36,50H,3,5-15,22,27-30H2,1H3,(H,48,52)(H2,44,46,47)/t34-,35-,36+,42+,57?/m0/s1. The molecule has 5 atom stereocenters. The zero-order valence-corrected chi connectivity index (χ0v) is 33.7. The van der Waals surface area contributed by atoms with E-state index in [-0.39, 0.29) is 42.2 Å². The largest absolute Gasteiger partial charge is 0.465 e. The molecule has 0 aliphatic carbocycles. The van der Waals surface area contributed by atoms with Crippen LogP contribution in [-0.2, 0) is 29.8 Å². The van der Waals surface area contributed by atoms with E-state index in [4.69, 9.17) is 30.7 Å². The summed E-state index contributed by atoms with van der Waals surface area (Å²) in [7, 11) is -4.47. The molecule has 1 unspecified atom stereocenters. The molecule has 1 aliphatic heterocycles. The fourth-order valence-corrected chi connectivity index (χ4v) is 8.37. The molecule has 1 saturated heterocycles. The van der Waals surface area contributed by atoms with Crippen LogP contribution >= 0.6 is 7.75 Å². The number of hydrogen-bond acceptors (Lipinski definition) is 11. The molecule has 13 nitrogen and oxygen atoms in total. The van der Waals surface area contributed by atoms with Gasteiger partial charge in [-0.3, -0.25) is 13.9 Å². The summed E-state index contributed by atoms with van der Waals surface area (Å²) in [4.78, 5) is 25.1. The molecule has 1 fully saturated rings.